The van der Waals surface area contributed by atoms with Crippen LogP contribution in [0.2, 0.25) is 0 Å². The minimum Gasteiger partial charge on any atom is -0.444 e. The Balaban J connectivity index is 2.09. The molecule has 0 fully saturated rings. The lowest BCUT2D eigenvalue weighted by Crippen LogP contribution is -2.36. The van der Waals surface area contributed by atoms with E-state index in [0.717, 1.165) is 24.4 Å². The SMILES string of the molecule is CN(C)C(=O)Cc1cc2n(n1)CCCN(C(=O)OC(C)(C)C)C2. The molecule has 0 N–H and O–H groups in total. The maximum Gasteiger partial charge on any atom is 0.410 e. The zero-order valence-corrected chi connectivity index (χ0v) is 14.6. The Kier molecular flexibility index (Phi) is 4.97. The fourth-order valence-corrected chi connectivity index (χ4v) is 2.40. The molecule has 7 nitrogen and oxygen atoms in total. The smallest absolute Gasteiger partial charge is 0.410 e. The average Bonchev–Trinajstić information content (AvgIpc) is 2.66. The first-order chi connectivity index (χ1) is 10.7. The summed E-state index contributed by atoms with van der Waals surface area (Å²) in [6.07, 6.45) is 0.784. The zero-order chi connectivity index (χ0) is 17.2. The molecule has 2 heterocycles. The lowest BCUT2D eigenvalue weighted by molar-refractivity contribution is -0.128. The van der Waals surface area contributed by atoms with E-state index in [4.69, 9.17) is 4.74 Å². The van der Waals surface area contributed by atoms with Gasteiger partial charge in [-0.15, -0.1) is 0 Å². The van der Waals surface area contributed by atoms with E-state index in [1.54, 1.807) is 23.9 Å². The number of hydrogen-bond acceptors (Lipinski definition) is 4. The van der Waals surface area contributed by atoms with Gasteiger partial charge in [0.25, 0.3) is 0 Å². The first-order valence-electron chi connectivity index (χ1n) is 7.89. The van der Waals surface area contributed by atoms with Crippen LogP contribution in [0.4, 0.5) is 4.79 Å². The summed E-state index contributed by atoms with van der Waals surface area (Å²) in [7, 11) is 3.46. The first kappa shape index (κ1) is 17.3. The van der Waals surface area contributed by atoms with E-state index in [1.165, 1.54) is 0 Å². The number of carbonyl (C=O) groups is 2. The van der Waals surface area contributed by atoms with Gasteiger partial charge in [-0.2, -0.15) is 5.10 Å². The van der Waals surface area contributed by atoms with Gasteiger partial charge < -0.3 is 14.5 Å². The van der Waals surface area contributed by atoms with E-state index < -0.39 is 5.60 Å². The van der Waals surface area contributed by atoms with Gasteiger partial charge in [-0.25, -0.2) is 4.79 Å². The fourth-order valence-electron chi connectivity index (χ4n) is 2.40. The van der Waals surface area contributed by atoms with Crippen LogP contribution in [0.3, 0.4) is 0 Å². The molecule has 0 unspecified atom stereocenters. The lowest BCUT2D eigenvalue weighted by Gasteiger charge is -2.26. The number of aryl methyl sites for hydroxylation is 1. The van der Waals surface area contributed by atoms with Crippen LogP contribution in [-0.2, 0) is 29.0 Å². The lowest BCUT2D eigenvalue weighted by atomic mass is 10.2. The van der Waals surface area contributed by atoms with Crippen LogP contribution in [0.15, 0.2) is 6.07 Å². The highest BCUT2D eigenvalue weighted by Crippen LogP contribution is 2.17. The Labute approximate surface area is 137 Å². The van der Waals surface area contributed by atoms with Gasteiger partial charge in [0.05, 0.1) is 24.4 Å². The maximum atomic E-state index is 12.3. The van der Waals surface area contributed by atoms with Crippen molar-refractivity contribution < 1.29 is 14.3 Å². The van der Waals surface area contributed by atoms with Crippen LogP contribution in [-0.4, -0.2) is 57.8 Å². The molecule has 1 aliphatic heterocycles. The van der Waals surface area contributed by atoms with Crippen molar-refractivity contribution in [2.45, 2.75) is 52.3 Å². The monoisotopic (exact) mass is 322 g/mol. The van der Waals surface area contributed by atoms with Crippen molar-refractivity contribution in [1.29, 1.82) is 0 Å². The van der Waals surface area contributed by atoms with Crippen molar-refractivity contribution in [3.63, 3.8) is 0 Å². The Morgan fingerprint density at radius 2 is 2.00 bits per heavy atom. The fraction of sp³-hybridized carbons (Fsp3) is 0.688. The van der Waals surface area contributed by atoms with Gasteiger partial charge in [0.15, 0.2) is 0 Å². The topological polar surface area (TPSA) is 67.7 Å². The van der Waals surface area contributed by atoms with Gasteiger partial charge in [0, 0.05) is 27.2 Å². The molecule has 0 aliphatic carbocycles. The van der Waals surface area contributed by atoms with Crippen molar-refractivity contribution in [3.8, 4) is 0 Å². The highest BCUT2D eigenvalue weighted by Gasteiger charge is 2.25. The number of amides is 2. The molecule has 128 valence electrons. The predicted octanol–water partition coefficient (Wildman–Crippen LogP) is 1.65. The number of likely N-dealkylation sites (N-methyl/N-ethyl adjacent to an activating group) is 1. The summed E-state index contributed by atoms with van der Waals surface area (Å²) in [5, 5.41) is 4.49. The van der Waals surface area contributed by atoms with Crippen molar-refractivity contribution >= 4 is 12.0 Å². The van der Waals surface area contributed by atoms with Crippen LogP contribution < -0.4 is 0 Å². The molecular formula is C16H26N4O3. The van der Waals surface area contributed by atoms with Crippen LogP contribution in [0.25, 0.3) is 0 Å². The quantitative estimate of drug-likeness (QED) is 0.830. The maximum absolute atomic E-state index is 12.3. The summed E-state index contributed by atoms with van der Waals surface area (Å²) in [4.78, 5) is 27.3. The van der Waals surface area contributed by atoms with Gasteiger partial charge in [-0.3, -0.25) is 9.48 Å². The second kappa shape index (κ2) is 6.60. The molecule has 0 atom stereocenters. The number of carbonyl (C=O) groups excluding carboxylic acids is 2. The number of aromatic nitrogens is 2. The first-order valence-corrected chi connectivity index (χ1v) is 7.89. The third-order valence-electron chi connectivity index (χ3n) is 3.55. The number of nitrogens with zero attached hydrogens (tertiary/aromatic N) is 4. The van der Waals surface area contributed by atoms with Crippen molar-refractivity contribution in [2.24, 2.45) is 0 Å². The Hall–Kier alpha value is -2.05. The molecule has 0 saturated carbocycles. The Bertz CT molecular complexity index is 587. The predicted molar refractivity (Wildman–Crippen MR) is 85.9 cm³/mol. The molecule has 0 spiro atoms. The van der Waals surface area contributed by atoms with E-state index in [1.807, 2.05) is 31.5 Å². The highest BCUT2D eigenvalue weighted by atomic mass is 16.6. The summed E-state index contributed by atoms with van der Waals surface area (Å²) in [5.41, 5.74) is 1.17. The molecule has 0 radical (unpaired) electrons. The van der Waals surface area contributed by atoms with E-state index in [0.29, 0.717) is 13.1 Å². The van der Waals surface area contributed by atoms with E-state index >= 15 is 0 Å². The molecule has 1 aromatic rings. The standard InChI is InChI=1S/C16H26N4O3/c1-16(2,3)23-15(22)19-7-6-8-20-13(11-19)9-12(17-20)10-14(21)18(4)5/h9H,6-8,10-11H2,1-5H3. The second-order valence-corrected chi connectivity index (χ2v) is 7.07. The van der Waals surface area contributed by atoms with Gasteiger partial charge in [0.2, 0.25) is 5.91 Å². The molecule has 0 aromatic carbocycles. The van der Waals surface area contributed by atoms with Gasteiger partial charge in [-0.05, 0) is 33.3 Å². The third kappa shape index (κ3) is 4.71. The summed E-state index contributed by atoms with van der Waals surface area (Å²) in [5.74, 6) is 0.0160. The van der Waals surface area contributed by atoms with E-state index in [9.17, 15) is 9.59 Å². The summed E-state index contributed by atoms with van der Waals surface area (Å²) >= 11 is 0. The summed E-state index contributed by atoms with van der Waals surface area (Å²) < 4.78 is 7.34. The normalized spacial score (nSPS) is 14.9. The minimum absolute atomic E-state index is 0.0160. The van der Waals surface area contributed by atoms with E-state index in [-0.39, 0.29) is 18.4 Å². The molecule has 1 aromatic heterocycles. The number of fused-ring (bicyclic) bond motifs is 1. The van der Waals surface area contributed by atoms with Gasteiger partial charge in [-0.1, -0.05) is 0 Å². The average molecular weight is 322 g/mol. The molecule has 0 saturated heterocycles. The summed E-state index contributed by atoms with van der Waals surface area (Å²) in [6, 6.07) is 1.91. The van der Waals surface area contributed by atoms with E-state index in [2.05, 4.69) is 5.10 Å². The van der Waals surface area contributed by atoms with Crippen LogP contribution >= 0.6 is 0 Å². The minimum atomic E-state index is -0.507. The largest absolute Gasteiger partial charge is 0.444 e. The highest BCUT2D eigenvalue weighted by molar-refractivity contribution is 5.77. The molecule has 7 heteroatoms. The molecule has 2 amide bonds. The summed E-state index contributed by atoms with van der Waals surface area (Å²) in [6.45, 7) is 7.42. The van der Waals surface area contributed by atoms with Crippen LogP contribution in [0.5, 0.6) is 0 Å². The van der Waals surface area contributed by atoms with Gasteiger partial charge in [0.1, 0.15) is 5.60 Å². The van der Waals surface area contributed by atoms with Gasteiger partial charge >= 0.3 is 6.09 Å². The third-order valence-corrected chi connectivity index (χ3v) is 3.55. The number of ether oxygens (including phenoxy) is 1. The molecule has 23 heavy (non-hydrogen) atoms. The second-order valence-electron chi connectivity index (χ2n) is 7.07. The molecule has 1 aliphatic rings. The molecular weight excluding hydrogens is 296 g/mol. The zero-order valence-electron chi connectivity index (χ0n) is 14.6. The van der Waals surface area contributed by atoms with Crippen LogP contribution in [0.1, 0.15) is 38.6 Å². The molecule has 0 bridgehead atoms. The van der Waals surface area contributed by atoms with Crippen LogP contribution in [0, 0.1) is 0 Å². The van der Waals surface area contributed by atoms with Crippen molar-refractivity contribution in [1.82, 2.24) is 19.6 Å². The Morgan fingerprint density at radius 1 is 1.30 bits per heavy atom. The molecule has 2 rings (SSSR count). The van der Waals surface area contributed by atoms with Crippen molar-refractivity contribution in [2.75, 3.05) is 20.6 Å². The van der Waals surface area contributed by atoms with Crippen molar-refractivity contribution in [3.05, 3.63) is 17.5 Å². The Morgan fingerprint density at radius 3 is 2.61 bits per heavy atom. The number of rotatable bonds is 2. The number of hydrogen-bond donors (Lipinski definition) is 0.